The third-order valence-electron chi connectivity index (χ3n) is 4.06. The summed E-state index contributed by atoms with van der Waals surface area (Å²) in [5.41, 5.74) is 0.599. The first-order chi connectivity index (χ1) is 12.9. The highest BCUT2D eigenvalue weighted by molar-refractivity contribution is 6.30. The highest BCUT2D eigenvalue weighted by atomic mass is 35.5. The zero-order valence-corrected chi connectivity index (χ0v) is 14.9. The number of nitrogens with zero attached hydrogens (tertiary/aromatic N) is 1. The summed E-state index contributed by atoms with van der Waals surface area (Å²) >= 11 is 5.83. The average Bonchev–Trinajstić information content (AvgIpc) is 3.02. The molecule has 3 rings (SSSR count). The summed E-state index contributed by atoms with van der Waals surface area (Å²) in [6.45, 7) is -0.482. The fourth-order valence-corrected chi connectivity index (χ4v) is 2.98. The molecule has 1 atom stereocenters. The Hall–Kier alpha value is -2.93. The Bertz CT molecular complexity index is 890. The maximum atomic E-state index is 13.9. The first-order valence-corrected chi connectivity index (χ1v) is 8.59. The number of benzene rings is 2. The second-order valence-electron chi connectivity index (χ2n) is 6.02. The second kappa shape index (κ2) is 8.18. The number of hydrogen-bond acceptors (Lipinski definition) is 4. The van der Waals surface area contributed by atoms with E-state index in [2.05, 4.69) is 5.32 Å². The van der Waals surface area contributed by atoms with Crippen molar-refractivity contribution >= 4 is 40.8 Å². The third kappa shape index (κ3) is 4.62. The molecule has 2 aromatic carbocycles. The molecule has 2 amide bonds. The molecule has 27 heavy (non-hydrogen) atoms. The Morgan fingerprint density at radius 1 is 1.22 bits per heavy atom. The van der Waals surface area contributed by atoms with Crippen LogP contribution in [0.5, 0.6) is 0 Å². The molecule has 6 nitrogen and oxygen atoms in total. The molecule has 1 saturated heterocycles. The Balaban J connectivity index is 1.53. The van der Waals surface area contributed by atoms with Gasteiger partial charge in [0.1, 0.15) is 5.82 Å². The zero-order valence-electron chi connectivity index (χ0n) is 14.2. The van der Waals surface area contributed by atoms with E-state index in [1.54, 1.807) is 30.3 Å². The summed E-state index contributed by atoms with van der Waals surface area (Å²) in [6.07, 6.45) is -0.0942. The molecule has 0 unspecified atom stereocenters. The van der Waals surface area contributed by atoms with Crippen LogP contribution in [0.25, 0.3) is 0 Å². The van der Waals surface area contributed by atoms with Crippen molar-refractivity contribution < 1.29 is 23.5 Å². The minimum Gasteiger partial charge on any atom is -0.455 e. The molecular weight excluding hydrogens is 375 g/mol. The van der Waals surface area contributed by atoms with Gasteiger partial charge in [0.2, 0.25) is 5.91 Å². The largest absolute Gasteiger partial charge is 0.455 e. The fraction of sp³-hybridized carbons (Fsp3) is 0.211. The van der Waals surface area contributed by atoms with E-state index in [9.17, 15) is 18.8 Å². The number of carbonyl (C=O) groups is 3. The Labute approximate surface area is 159 Å². The lowest BCUT2D eigenvalue weighted by molar-refractivity contribution is -0.151. The van der Waals surface area contributed by atoms with E-state index >= 15 is 0 Å². The van der Waals surface area contributed by atoms with Gasteiger partial charge in [0, 0.05) is 23.7 Å². The smallest absolute Gasteiger partial charge is 0.311 e. The molecule has 1 aliphatic rings. The number of para-hydroxylation sites is 1. The number of halogens is 2. The van der Waals surface area contributed by atoms with Gasteiger partial charge in [0.15, 0.2) is 6.61 Å². The van der Waals surface area contributed by atoms with Gasteiger partial charge in [-0.1, -0.05) is 29.8 Å². The van der Waals surface area contributed by atoms with Gasteiger partial charge in [0.05, 0.1) is 11.6 Å². The molecule has 0 aromatic heterocycles. The van der Waals surface area contributed by atoms with E-state index in [0.29, 0.717) is 10.7 Å². The number of rotatable bonds is 5. The van der Waals surface area contributed by atoms with E-state index in [4.69, 9.17) is 16.3 Å². The van der Waals surface area contributed by atoms with Crippen molar-refractivity contribution in [2.45, 2.75) is 6.42 Å². The van der Waals surface area contributed by atoms with Crippen LogP contribution in [-0.2, 0) is 19.1 Å². The van der Waals surface area contributed by atoms with Crippen molar-refractivity contribution in [2.24, 2.45) is 5.92 Å². The van der Waals surface area contributed by atoms with Crippen molar-refractivity contribution in [1.29, 1.82) is 0 Å². The van der Waals surface area contributed by atoms with Crippen LogP contribution < -0.4 is 10.2 Å². The number of carbonyl (C=O) groups excluding carboxylic acids is 3. The minimum atomic E-state index is -0.754. The van der Waals surface area contributed by atoms with Gasteiger partial charge < -0.3 is 15.0 Å². The molecular formula is C19H16ClFN2O4. The van der Waals surface area contributed by atoms with Crippen LogP contribution in [0.2, 0.25) is 5.02 Å². The molecule has 8 heteroatoms. The summed E-state index contributed by atoms with van der Waals surface area (Å²) in [5.74, 6) is -2.87. The van der Waals surface area contributed by atoms with Gasteiger partial charge in [0.25, 0.3) is 5.91 Å². The van der Waals surface area contributed by atoms with E-state index in [1.807, 2.05) is 0 Å². The lowest BCUT2D eigenvalue weighted by atomic mass is 10.1. The quantitative estimate of drug-likeness (QED) is 0.796. The summed E-state index contributed by atoms with van der Waals surface area (Å²) in [7, 11) is 0. The molecule has 0 radical (unpaired) electrons. The maximum absolute atomic E-state index is 13.9. The second-order valence-corrected chi connectivity index (χ2v) is 6.46. The molecule has 140 valence electrons. The van der Waals surface area contributed by atoms with Gasteiger partial charge in [-0.05, 0) is 30.3 Å². The molecule has 0 aliphatic carbocycles. The number of amides is 2. The van der Waals surface area contributed by atoms with Gasteiger partial charge in [-0.15, -0.1) is 0 Å². The number of ether oxygens (including phenoxy) is 1. The fourth-order valence-electron chi connectivity index (χ4n) is 2.79. The van der Waals surface area contributed by atoms with Crippen LogP contribution in [0.3, 0.4) is 0 Å². The third-order valence-corrected chi connectivity index (χ3v) is 4.29. The van der Waals surface area contributed by atoms with Gasteiger partial charge in [-0.25, -0.2) is 4.39 Å². The maximum Gasteiger partial charge on any atom is 0.311 e. The van der Waals surface area contributed by atoms with Gasteiger partial charge in [-0.2, -0.15) is 0 Å². The number of hydrogen-bond donors (Lipinski definition) is 1. The molecule has 0 spiro atoms. The Morgan fingerprint density at radius 3 is 2.74 bits per heavy atom. The van der Waals surface area contributed by atoms with E-state index < -0.39 is 30.2 Å². The van der Waals surface area contributed by atoms with Crippen molar-refractivity contribution in [3.05, 3.63) is 59.4 Å². The van der Waals surface area contributed by atoms with Crippen molar-refractivity contribution in [3.63, 3.8) is 0 Å². The molecule has 1 aliphatic heterocycles. The first-order valence-electron chi connectivity index (χ1n) is 8.21. The van der Waals surface area contributed by atoms with Crippen LogP contribution >= 0.6 is 11.6 Å². The topological polar surface area (TPSA) is 75.7 Å². The minimum absolute atomic E-state index is 0.00844. The lowest BCUT2D eigenvalue weighted by Gasteiger charge is -2.17. The Kier molecular flexibility index (Phi) is 5.71. The highest BCUT2D eigenvalue weighted by Gasteiger charge is 2.37. The number of esters is 1. The predicted octanol–water partition coefficient (Wildman–Crippen LogP) is 3.01. The summed E-state index contributed by atoms with van der Waals surface area (Å²) in [4.78, 5) is 37.4. The molecule has 0 bridgehead atoms. The molecule has 1 heterocycles. The molecule has 0 saturated carbocycles. The van der Waals surface area contributed by atoms with E-state index in [0.717, 1.165) is 0 Å². The summed E-state index contributed by atoms with van der Waals surface area (Å²) in [6, 6.07) is 12.4. The monoisotopic (exact) mass is 390 g/mol. The van der Waals surface area contributed by atoms with E-state index in [1.165, 1.54) is 23.1 Å². The SMILES string of the molecule is O=C(COC(=O)[C@H]1CC(=O)N(c2ccccc2F)C1)Nc1cccc(Cl)c1. The summed E-state index contributed by atoms with van der Waals surface area (Å²) < 4.78 is 18.9. The van der Waals surface area contributed by atoms with E-state index in [-0.39, 0.29) is 24.6 Å². The molecule has 1 N–H and O–H groups in total. The van der Waals surface area contributed by atoms with Crippen molar-refractivity contribution in [3.8, 4) is 0 Å². The average molecular weight is 391 g/mol. The van der Waals surface area contributed by atoms with Crippen LogP contribution in [-0.4, -0.2) is 30.9 Å². The Morgan fingerprint density at radius 2 is 2.00 bits per heavy atom. The highest BCUT2D eigenvalue weighted by Crippen LogP contribution is 2.27. The van der Waals surface area contributed by atoms with Crippen LogP contribution in [0.15, 0.2) is 48.5 Å². The standard InChI is InChI=1S/C19H16ClFN2O4/c20-13-4-3-5-14(9-13)22-17(24)11-27-19(26)12-8-18(25)23(10-12)16-7-2-1-6-15(16)21/h1-7,9,12H,8,10-11H2,(H,22,24)/t12-/m0/s1. The lowest BCUT2D eigenvalue weighted by Crippen LogP contribution is -2.28. The summed E-state index contributed by atoms with van der Waals surface area (Å²) in [5, 5.41) is 3.01. The van der Waals surface area contributed by atoms with Crippen molar-refractivity contribution in [1.82, 2.24) is 0 Å². The molecule has 1 fully saturated rings. The van der Waals surface area contributed by atoms with Crippen molar-refractivity contribution in [2.75, 3.05) is 23.4 Å². The van der Waals surface area contributed by atoms with Gasteiger partial charge in [-0.3, -0.25) is 14.4 Å². The van der Waals surface area contributed by atoms with Crippen LogP contribution in [0.1, 0.15) is 6.42 Å². The van der Waals surface area contributed by atoms with Gasteiger partial charge >= 0.3 is 5.97 Å². The number of anilines is 2. The zero-order chi connectivity index (χ0) is 19.4. The van der Waals surface area contributed by atoms with Crippen LogP contribution in [0, 0.1) is 11.7 Å². The predicted molar refractivity (Wildman–Crippen MR) is 97.9 cm³/mol. The molecule has 2 aromatic rings. The first kappa shape index (κ1) is 18.8. The van der Waals surface area contributed by atoms with Crippen LogP contribution in [0.4, 0.5) is 15.8 Å². The normalized spacial score (nSPS) is 16.3. The number of nitrogens with one attached hydrogen (secondary N) is 1.